The molecule has 6 rings (SSSR count). The molecule has 0 amide bonds. The van der Waals surface area contributed by atoms with Crippen LogP contribution in [0.3, 0.4) is 0 Å². The summed E-state index contributed by atoms with van der Waals surface area (Å²) in [5, 5.41) is 5.03. The molecule has 1 aliphatic carbocycles. The van der Waals surface area contributed by atoms with Gasteiger partial charge in [-0.3, -0.25) is 0 Å². The summed E-state index contributed by atoms with van der Waals surface area (Å²) in [5.74, 6) is 0. The van der Waals surface area contributed by atoms with Gasteiger partial charge in [0, 0.05) is 35.9 Å². The third kappa shape index (κ3) is 2.54. The highest BCUT2D eigenvalue weighted by Crippen LogP contribution is 2.55. The lowest BCUT2D eigenvalue weighted by molar-refractivity contribution is 0.109. The van der Waals surface area contributed by atoms with Gasteiger partial charge >= 0.3 is 0 Å². The second-order valence-corrected chi connectivity index (χ2v) is 8.74. The van der Waals surface area contributed by atoms with E-state index in [1.54, 1.807) is 0 Å². The predicted octanol–water partition coefficient (Wildman–Crippen LogP) is 4.43. The maximum absolute atomic E-state index is 5.83. The maximum atomic E-state index is 5.83. The Labute approximate surface area is 159 Å². The molecule has 1 spiro atoms. The summed E-state index contributed by atoms with van der Waals surface area (Å²) in [6.07, 6.45) is 9.11. The van der Waals surface area contributed by atoms with E-state index in [-0.39, 0.29) is 0 Å². The molecule has 3 aliphatic rings. The lowest BCUT2D eigenvalue weighted by Gasteiger charge is -2.25. The molecule has 3 aromatic rings. The summed E-state index contributed by atoms with van der Waals surface area (Å²) in [7, 11) is 0. The molecule has 4 heterocycles. The number of fused-ring (bicyclic) bond motifs is 2. The van der Waals surface area contributed by atoms with Crippen molar-refractivity contribution in [1.82, 2.24) is 15.3 Å². The van der Waals surface area contributed by atoms with Gasteiger partial charge in [0.1, 0.15) is 5.65 Å². The molecule has 0 radical (unpaired) electrons. The van der Waals surface area contributed by atoms with Crippen LogP contribution in [0.4, 0.5) is 0 Å². The van der Waals surface area contributed by atoms with E-state index in [1.807, 2.05) is 12.4 Å². The number of benzene rings is 1. The molecule has 1 saturated carbocycles. The van der Waals surface area contributed by atoms with Crippen molar-refractivity contribution < 1.29 is 4.74 Å². The minimum absolute atomic E-state index is 0.466. The van der Waals surface area contributed by atoms with Gasteiger partial charge < -0.3 is 15.0 Å². The fourth-order valence-electron chi connectivity index (χ4n) is 4.98. The quantitative estimate of drug-likeness (QED) is 0.712. The maximum Gasteiger partial charge on any atom is 0.137 e. The number of nitrogens with one attached hydrogen (secondary N) is 2. The highest BCUT2D eigenvalue weighted by atomic mass is 16.5. The van der Waals surface area contributed by atoms with Gasteiger partial charge in [-0.1, -0.05) is 6.07 Å². The molecule has 0 bridgehead atoms. The van der Waals surface area contributed by atoms with E-state index in [0.29, 0.717) is 11.5 Å². The zero-order valence-corrected chi connectivity index (χ0v) is 15.8. The van der Waals surface area contributed by atoms with Gasteiger partial charge in [-0.2, -0.15) is 0 Å². The molecule has 2 aliphatic heterocycles. The number of pyridine rings is 1. The van der Waals surface area contributed by atoms with Crippen molar-refractivity contribution in [3.8, 4) is 11.1 Å². The van der Waals surface area contributed by atoms with Crippen LogP contribution >= 0.6 is 0 Å². The molecule has 4 heteroatoms. The van der Waals surface area contributed by atoms with E-state index in [1.165, 1.54) is 64.6 Å². The number of nitrogens with zero attached hydrogens (tertiary/aromatic N) is 1. The van der Waals surface area contributed by atoms with E-state index in [0.717, 1.165) is 25.3 Å². The molecule has 2 aromatic heterocycles. The first kappa shape index (κ1) is 15.8. The number of ether oxygens (including phenoxy) is 1. The molecule has 27 heavy (non-hydrogen) atoms. The summed E-state index contributed by atoms with van der Waals surface area (Å²) in [5.41, 5.74) is 9.64. The third-order valence-electron chi connectivity index (χ3n) is 6.90. The van der Waals surface area contributed by atoms with E-state index in [9.17, 15) is 0 Å². The van der Waals surface area contributed by atoms with Crippen LogP contribution in [0, 0.1) is 12.3 Å². The Hall–Kier alpha value is -2.17. The van der Waals surface area contributed by atoms with Crippen molar-refractivity contribution in [2.45, 2.75) is 45.3 Å². The van der Waals surface area contributed by atoms with Gasteiger partial charge in [0.25, 0.3) is 0 Å². The highest BCUT2D eigenvalue weighted by Gasteiger charge is 2.48. The number of H-pyrrole nitrogens is 1. The smallest absolute Gasteiger partial charge is 0.137 e. The zero-order valence-electron chi connectivity index (χ0n) is 15.8. The van der Waals surface area contributed by atoms with Crippen LogP contribution < -0.4 is 5.32 Å². The second-order valence-electron chi connectivity index (χ2n) is 8.74. The van der Waals surface area contributed by atoms with Crippen LogP contribution in [-0.4, -0.2) is 23.1 Å². The van der Waals surface area contributed by atoms with Gasteiger partial charge in [-0.15, -0.1) is 0 Å². The van der Waals surface area contributed by atoms with E-state index in [2.05, 4.69) is 40.4 Å². The summed E-state index contributed by atoms with van der Waals surface area (Å²) in [6, 6.07) is 7.52. The van der Waals surface area contributed by atoms with Crippen LogP contribution in [0.1, 0.15) is 47.6 Å². The Balaban J connectivity index is 1.48. The topological polar surface area (TPSA) is 49.9 Å². The lowest BCUT2D eigenvalue weighted by Crippen LogP contribution is -2.19. The molecular weight excluding hydrogens is 334 g/mol. The molecule has 1 atom stereocenters. The fraction of sp³-hybridized carbons (Fsp3) is 0.435. The van der Waals surface area contributed by atoms with Gasteiger partial charge in [-0.05, 0) is 78.0 Å². The average molecular weight is 359 g/mol. The number of hydrogen-bond donors (Lipinski definition) is 2. The summed E-state index contributed by atoms with van der Waals surface area (Å²) in [4.78, 5) is 7.91. The second kappa shape index (κ2) is 5.66. The zero-order chi connectivity index (χ0) is 18.0. The van der Waals surface area contributed by atoms with Crippen LogP contribution in [0.2, 0.25) is 0 Å². The number of rotatable bonds is 2. The van der Waals surface area contributed by atoms with Crippen molar-refractivity contribution in [3.05, 3.63) is 52.8 Å². The Morgan fingerprint density at radius 2 is 2.11 bits per heavy atom. The van der Waals surface area contributed by atoms with Crippen LogP contribution in [-0.2, 0) is 17.8 Å². The molecule has 1 aromatic carbocycles. The Morgan fingerprint density at radius 3 is 2.96 bits per heavy atom. The number of hydrogen-bond acceptors (Lipinski definition) is 3. The van der Waals surface area contributed by atoms with Gasteiger partial charge in [-0.25, -0.2) is 4.98 Å². The fourth-order valence-corrected chi connectivity index (χ4v) is 4.98. The van der Waals surface area contributed by atoms with Crippen molar-refractivity contribution >= 4 is 11.0 Å². The number of aromatic amines is 1. The minimum Gasteiger partial charge on any atom is -0.376 e. The van der Waals surface area contributed by atoms with Crippen LogP contribution in [0.5, 0.6) is 0 Å². The van der Waals surface area contributed by atoms with Crippen LogP contribution in [0.15, 0.2) is 30.6 Å². The third-order valence-corrected chi connectivity index (χ3v) is 6.90. The van der Waals surface area contributed by atoms with E-state index >= 15 is 0 Å². The Kier molecular flexibility index (Phi) is 3.32. The molecule has 2 fully saturated rings. The molecule has 138 valence electrons. The van der Waals surface area contributed by atoms with Gasteiger partial charge in [0.15, 0.2) is 0 Å². The molecule has 4 nitrogen and oxygen atoms in total. The first-order valence-corrected chi connectivity index (χ1v) is 10.1. The van der Waals surface area contributed by atoms with Crippen molar-refractivity contribution in [2.24, 2.45) is 5.41 Å². The largest absolute Gasteiger partial charge is 0.376 e. The molecule has 1 unspecified atom stereocenters. The number of aryl methyl sites for hydroxylation is 1. The van der Waals surface area contributed by atoms with Crippen molar-refractivity contribution in [2.75, 3.05) is 13.2 Å². The Morgan fingerprint density at radius 1 is 1.19 bits per heavy atom. The first-order valence-electron chi connectivity index (χ1n) is 10.1. The predicted molar refractivity (Wildman–Crippen MR) is 107 cm³/mol. The first-order chi connectivity index (χ1) is 13.2. The lowest BCUT2D eigenvalue weighted by atomic mass is 9.87. The minimum atomic E-state index is 0.466. The SMILES string of the molecule is Cc1c[nH]c2ncc(-c3cc4c(c(C5CC6(CC6)CN5)c3)COCC4)cc12. The summed E-state index contributed by atoms with van der Waals surface area (Å²) >= 11 is 0. The van der Waals surface area contributed by atoms with Gasteiger partial charge in [0.2, 0.25) is 0 Å². The number of aromatic nitrogens is 2. The standard InChI is InChI=1S/C23H25N3O/c1-14-10-24-22-18(14)8-17(11-25-22)16-6-15-2-5-27-12-20(15)19(7-16)21-9-23(3-4-23)13-26-21/h6-8,10-11,21,26H,2-5,9,12-13H2,1H3,(H,24,25). The molecule has 2 N–H and O–H groups in total. The monoisotopic (exact) mass is 359 g/mol. The molecular formula is C23H25N3O. The van der Waals surface area contributed by atoms with Crippen LogP contribution in [0.25, 0.3) is 22.2 Å². The normalized spacial score (nSPS) is 23.1. The van der Waals surface area contributed by atoms with E-state index < -0.39 is 0 Å². The Bertz CT molecular complexity index is 1050. The highest BCUT2D eigenvalue weighted by molar-refractivity contribution is 5.84. The molecule has 1 saturated heterocycles. The van der Waals surface area contributed by atoms with Gasteiger partial charge in [0.05, 0.1) is 13.2 Å². The van der Waals surface area contributed by atoms with E-state index in [4.69, 9.17) is 4.74 Å². The summed E-state index contributed by atoms with van der Waals surface area (Å²) in [6.45, 7) is 4.89. The van der Waals surface area contributed by atoms with Crippen molar-refractivity contribution in [3.63, 3.8) is 0 Å². The summed E-state index contributed by atoms with van der Waals surface area (Å²) < 4.78 is 5.83. The average Bonchev–Trinajstić information content (AvgIpc) is 3.17. The van der Waals surface area contributed by atoms with Crippen molar-refractivity contribution in [1.29, 1.82) is 0 Å².